The number of likely N-dealkylation sites (N-methyl/N-ethyl adjacent to an activating group) is 1. The molecule has 0 aliphatic carbocycles. The van der Waals surface area contributed by atoms with Crippen LogP contribution in [0.3, 0.4) is 0 Å². The monoisotopic (exact) mass is 327 g/mol. The number of thiophene rings is 1. The number of anilines is 1. The fraction of sp³-hybridized carbons (Fsp3) is 0.333. The van der Waals surface area contributed by atoms with E-state index in [0.29, 0.717) is 6.54 Å². The van der Waals surface area contributed by atoms with Gasteiger partial charge in [-0.15, -0.1) is 11.3 Å². The third-order valence-corrected chi connectivity index (χ3v) is 5.04. The minimum Gasteiger partial charge on any atom is -0.392 e. The summed E-state index contributed by atoms with van der Waals surface area (Å²) < 4.78 is 0. The fourth-order valence-electron chi connectivity index (χ4n) is 2.70. The summed E-state index contributed by atoms with van der Waals surface area (Å²) in [5, 5.41) is 10.8. The van der Waals surface area contributed by atoms with Gasteiger partial charge in [0, 0.05) is 24.0 Å². The number of hydrogen-bond acceptors (Lipinski definition) is 5. The lowest BCUT2D eigenvalue weighted by Crippen LogP contribution is -2.28. The molecular weight excluding hydrogens is 306 g/mol. The number of benzene rings is 1. The molecule has 0 spiro atoms. The SMILES string of the molecule is Cc1sc2nc(-c3ccccc3)nc(N(C)C[C@H](C)O)c2c1C. The summed E-state index contributed by atoms with van der Waals surface area (Å²) in [7, 11) is 1.97. The summed E-state index contributed by atoms with van der Waals surface area (Å²) in [5.74, 6) is 1.61. The number of nitrogens with zero attached hydrogens (tertiary/aromatic N) is 3. The molecule has 1 N–H and O–H groups in total. The predicted octanol–water partition coefficient (Wildman–Crippen LogP) is 3.79. The molecule has 0 bridgehead atoms. The van der Waals surface area contributed by atoms with Gasteiger partial charge < -0.3 is 10.0 Å². The van der Waals surface area contributed by atoms with Gasteiger partial charge in [0.1, 0.15) is 10.6 Å². The van der Waals surface area contributed by atoms with E-state index in [1.165, 1.54) is 10.4 Å². The van der Waals surface area contributed by atoms with Crippen LogP contribution >= 0.6 is 11.3 Å². The summed E-state index contributed by atoms with van der Waals surface area (Å²) >= 11 is 1.70. The normalized spacial score (nSPS) is 12.6. The van der Waals surface area contributed by atoms with E-state index in [0.717, 1.165) is 27.4 Å². The Bertz CT molecular complexity index is 827. The lowest BCUT2D eigenvalue weighted by atomic mass is 10.1. The maximum Gasteiger partial charge on any atom is 0.163 e. The Labute approximate surface area is 140 Å². The van der Waals surface area contributed by atoms with Gasteiger partial charge in [0.05, 0.1) is 11.5 Å². The van der Waals surface area contributed by atoms with Crippen molar-refractivity contribution < 1.29 is 5.11 Å². The maximum absolute atomic E-state index is 9.73. The standard InChI is InChI=1S/C18H21N3OS/c1-11(22)10-21(4)17-15-12(2)13(3)23-18(15)20-16(19-17)14-8-6-5-7-9-14/h5-9,11,22H,10H2,1-4H3/t11-/m0/s1. The molecule has 4 nitrogen and oxygen atoms in total. The van der Waals surface area contributed by atoms with Crippen LogP contribution in [0.2, 0.25) is 0 Å². The fourth-order valence-corrected chi connectivity index (χ4v) is 3.73. The molecule has 0 saturated carbocycles. The molecule has 0 aliphatic heterocycles. The number of aliphatic hydroxyl groups excluding tert-OH is 1. The third-order valence-electron chi connectivity index (χ3n) is 3.94. The largest absolute Gasteiger partial charge is 0.392 e. The van der Waals surface area contributed by atoms with Gasteiger partial charge in [-0.25, -0.2) is 9.97 Å². The second-order valence-electron chi connectivity index (χ2n) is 5.93. The average Bonchev–Trinajstić information content (AvgIpc) is 2.81. The van der Waals surface area contributed by atoms with E-state index >= 15 is 0 Å². The Morgan fingerprint density at radius 1 is 1.17 bits per heavy atom. The Balaban J connectivity index is 2.22. The highest BCUT2D eigenvalue weighted by Crippen LogP contribution is 2.36. The summed E-state index contributed by atoms with van der Waals surface area (Å²) in [5.41, 5.74) is 2.22. The first-order valence-electron chi connectivity index (χ1n) is 7.69. The molecule has 0 saturated heterocycles. The minimum atomic E-state index is -0.412. The molecule has 0 unspecified atom stereocenters. The number of aliphatic hydroxyl groups is 1. The zero-order chi connectivity index (χ0) is 16.6. The second kappa shape index (κ2) is 6.26. The molecule has 5 heteroatoms. The minimum absolute atomic E-state index is 0.412. The summed E-state index contributed by atoms with van der Waals surface area (Å²) in [6.07, 6.45) is -0.412. The Morgan fingerprint density at radius 2 is 1.87 bits per heavy atom. The topological polar surface area (TPSA) is 49.2 Å². The number of fused-ring (bicyclic) bond motifs is 1. The first-order valence-corrected chi connectivity index (χ1v) is 8.51. The maximum atomic E-state index is 9.73. The zero-order valence-corrected chi connectivity index (χ0v) is 14.7. The number of aryl methyl sites for hydroxylation is 2. The van der Waals surface area contributed by atoms with Crippen molar-refractivity contribution in [1.29, 1.82) is 0 Å². The molecule has 2 heterocycles. The van der Waals surface area contributed by atoms with Crippen molar-refractivity contribution in [2.45, 2.75) is 26.9 Å². The van der Waals surface area contributed by atoms with E-state index in [1.54, 1.807) is 18.3 Å². The van der Waals surface area contributed by atoms with Crippen LogP contribution in [0, 0.1) is 13.8 Å². The van der Waals surface area contributed by atoms with Gasteiger partial charge in [-0.1, -0.05) is 30.3 Å². The lowest BCUT2D eigenvalue weighted by molar-refractivity contribution is 0.201. The van der Waals surface area contributed by atoms with Crippen LogP contribution in [-0.4, -0.2) is 34.8 Å². The Hall–Kier alpha value is -1.98. The molecule has 23 heavy (non-hydrogen) atoms. The van der Waals surface area contributed by atoms with Gasteiger partial charge in [-0.3, -0.25) is 0 Å². The molecule has 120 valence electrons. The van der Waals surface area contributed by atoms with Crippen LogP contribution in [-0.2, 0) is 0 Å². The molecule has 0 aliphatic rings. The Morgan fingerprint density at radius 3 is 2.52 bits per heavy atom. The van der Waals surface area contributed by atoms with Crippen molar-refractivity contribution in [1.82, 2.24) is 9.97 Å². The summed E-state index contributed by atoms with van der Waals surface area (Å²) in [4.78, 5) is 13.8. The van der Waals surface area contributed by atoms with Crippen LogP contribution in [0.1, 0.15) is 17.4 Å². The Kier molecular flexibility index (Phi) is 4.33. The quantitative estimate of drug-likeness (QED) is 0.792. The highest BCUT2D eigenvalue weighted by molar-refractivity contribution is 7.18. The van der Waals surface area contributed by atoms with Crippen molar-refractivity contribution in [3.63, 3.8) is 0 Å². The van der Waals surface area contributed by atoms with Gasteiger partial charge in [0.15, 0.2) is 5.82 Å². The van der Waals surface area contributed by atoms with Gasteiger partial charge in [0.2, 0.25) is 0 Å². The van der Waals surface area contributed by atoms with Crippen molar-refractivity contribution in [2.75, 3.05) is 18.5 Å². The number of aromatic nitrogens is 2. The first kappa shape index (κ1) is 15.9. The lowest BCUT2D eigenvalue weighted by Gasteiger charge is -2.21. The molecule has 2 aromatic heterocycles. The van der Waals surface area contributed by atoms with Gasteiger partial charge in [0.25, 0.3) is 0 Å². The molecule has 0 fully saturated rings. The van der Waals surface area contributed by atoms with Crippen molar-refractivity contribution in [2.24, 2.45) is 0 Å². The highest BCUT2D eigenvalue weighted by Gasteiger charge is 2.18. The van der Waals surface area contributed by atoms with E-state index in [-0.39, 0.29) is 0 Å². The second-order valence-corrected chi connectivity index (χ2v) is 7.13. The molecule has 0 radical (unpaired) electrons. The molecular formula is C18H21N3OS. The molecule has 1 atom stereocenters. The van der Waals surface area contributed by atoms with Crippen molar-refractivity contribution >= 4 is 27.4 Å². The molecule has 1 aromatic carbocycles. The van der Waals surface area contributed by atoms with E-state index in [4.69, 9.17) is 9.97 Å². The summed E-state index contributed by atoms with van der Waals surface area (Å²) in [6.45, 7) is 6.55. The van der Waals surface area contributed by atoms with Crippen LogP contribution in [0.4, 0.5) is 5.82 Å². The van der Waals surface area contributed by atoms with Crippen molar-refractivity contribution in [3.8, 4) is 11.4 Å². The first-order chi connectivity index (χ1) is 11.0. The third kappa shape index (κ3) is 3.07. The molecule has 3 rings (SSSR count). The van der Waals surface area contributed by atoms with Gasteiger partial charge in [-0.05, 0) is 26.3 Å². The van der Waals surface area contributed by atoms with Crippen molar-refractivity contribution in [3.05, 3.63) is 40.8 Å². The van der Waals surface area contributed by atoms with Gasteiger partial charge >= 0.3 is 0 Å². The van der Waals surface area contributed by atoms with Crippen LogP contribution in [0.15, 0.2) is 30.3 Å². The molecule has 3 aromatic rings. The van der Waals surface area contributed by atoms with E-state index in [2.05, 4.69) is 13.8 Å². The van der Waals surface area contributed by atoms with E-state index in [9.17, 15) is 5.11 Å². The smallest absolute Gasteiger partial charge is 0.163 e. The van der Waals surface area contributed by atoms with Crippen LogP contribution in [0.25, 0.3) is 21.6 Å². The number of hydrogen-bond donors (Lipinski definition) is 1. The predicted molar refractivity (Wildman–Crippen MR) is 97.3 cm³/mol. The van der Waals surface area contributed by atoms with Crippen LogP contribution < -0.4 is 4.90 Å². The molecule has 0 amide bonds. The summed E-state index contributed by atoms with van der Waals surface area (Å²) in [6, 6.07) is 10.0. The van der Waals surface area contributed by atoms with E-state index in [1.807, 2.05) is 42.3 Å². The zero-order valence-electron chi connectivity index (χ0n) is 13.9. The number of rotatable bonds is 4. The highest BCUT2D eigenvalue weighted by atomic mass is 32.1. The van der Waals surface area contributed by atoms with E-state index < -0.39 is 6.10 Å². The average molecular weight is 327 g/mol. The van der Waals surface area contributed by atoms with Crippen LogP contribution in [0.5, 0.6) is 0 Å². The van der Waals surface area contributed by atoms with Gasteiger partial charge in [-0.2, -0.15) is 0 Å².